The lowest BCUT2D eigenvalue weighted by Crippen LogP contribution is -2.21. The van der Waals surface area contributed by atoms with Crippen LogP contribution in [0, 0.1) is 0 Å². The number of benzene rings is 2. The van der Waals surface area contributed by atoms with E-state index < -0.39 is 0 Å². The third kappa shape index (κ3) is 4.91. The molecule has 0 spiro atoms. The van der Waals surface area contributed by atoms with Crippen molar-refractivity contribution in [3.63, 3.8) is 0 Å². The highest BCUT2D eigenvalue weighted by Gasteiger charge is 2.12. The summed E-state index contributed by atoms with van der Waals surface area (Å²) in [5, 5.41) is 2.89. The Labute approximate surface area is 160 Å². The van der Waals surface area contributed by atoms with E-state index in [9.17, 15) is 4.79 Å². The van der Waals surface area contributed by atoms with Crippen molar-refractivity contribution in [3.8, 4) is 0 Å². The number of hydrogen-bond acceptors (Lipinski definition) is 4. The van der Waals surface area contributed by atoms with E-state index in [0.717, 1.165) is 11.3 Å². The standard InChI is InChI=1S/C22H24N4O/c1-16(2)18-9-11-19(12-10-18)24-21(27)20-13-14-23-22(25-20)26(3)15-17-7-5-4-6-8-17/h4-14,16H,15H2,1-3H3,(H,24,27). The van der Waals surface area contributed by atoms with Crippen LogP contribution in [-0.2, 0) is 6.54 Å². The molecule has 5 nitrogen and oxygen atoms in total. The van der Waals surface area contributed by atoms with Gasteiger partial charge in [-0.2, -0.15) is 0 Å². The van der Waals surface area contributed by atoms with Crippen LogP contribution in [-0.4, -0.2) is 22.9 Å². The quantitative estimate of drug-likeness (QED) is 0.704. The molecule has 0 atom stereocenters. The van der Waals surface area contributed by atoms with E-state index in [1.807, 2.05) is 66.5 Å². The summed E-state index contributed by atoms with van der Waals surface area (Å²) in [6.45, 7) is 4.95. The van der Waals surface area contributed by atoms with E-state index >= 15 is 0 Å². The SMILES string of the molecule is CC(C)c1ccc(NC(=O)c2ccnc(N(C)Cc3ccccc3)n2)cc1. The van der Waals surface area contributed by atoms with Gasteiger partial charge < -0.3 is 10.2 Å². The fourth-order valence-corrected chi connectivity index (χ4v) is 2.73. The van der Waals surface area contributed by atoms with Crippen LogP contribution in [0.3, 0.4) is 0 Å². The van der Waals surface area contributed by atoms with Crippen molar-refractivity contribution in [2.24, 2.45) is 0 Å². The second-order valence-electron chi connectivity index (χ2n) is 6.81. The first-order valence-electron chi connectivity index (χ1n) is 9.02. The van der Waals surface area contributed by atoms with Gasteiger partial charge in [0, 0.05) is 25.5 Å². The Morgan fingerprint density at radius 3 is 2.41 bits per heavy atom. The maximum absolute atomic E-state index is 12.5. The second kappa shape index (κ2) is 8.45. The van der Waals surface area contributed by atoms with E-state index in [4.69, 9.17) is 0 Å². The maximum Gasteiger partial charge on any atom is 0.274 e. The highest BCUT2D eigenvalue weighted by Crippen LogP contribution is 2.18. The Kier molecular flexibility index (Phi) is 5.81. The van der Waals surface area contributed by atoms with Gasteiger partial charge in [0.25, 0.3) is 5.91 Å². The minimum atomic E-state index is -0.246. The topological polar surface area (TPSA) is 58.1 Å². The zero-order chi connectivity index (χ0) is 19.2. The van der Waals surface area contributed by atoms with E-state index in [1.54, 1.807) is 12.3 Å². The molecule has 1 amide bonds. The molecular formula is C22H24N4O. The first-order valence-corrected chi connectivity index (χ1v) is 9.02. The Balaban J connectivity index is 1.69. The average Bonchev–Trinajstić information content (AvgIpc) is 2.69. The van der Waals surface area contributed by atoms with Gasteiger partial charge in [-0.05, 0) is 35.2 Å². The zero-order valence-corrected chi connectivity index (χ0v) is 15.9. The second-order valence-corrected chi connectivity index (χ2v) is 6.81. The Morgan fingerprint density at radius 1 is 1.04 bits per heavy atom. The molecule has 1 aromatic heterocycles. The molecular weight excluding hydrogens is 336 g/mol. The fraction of sp³-hybridized carbons (Fsp3) is 0.227. The van der Waals surface area contributed by atoms with Gasteiger partial charge in [-0.25, -0.2) is 9.97 Å². The van der Waals surface area contributed by atoms with E-state index in [1.165, 1.54) is 5.56 Å². The molecule has 2 aromatic carbocycles. The molecule has 0 bridgehead atoms. The van der Waals surface area contributed by atoms with Crippen LogP contribution in [0.4, 0.5) is 11.6 Å². The van der Waals surface area contributed by atoms with Gasteiger partial charge in [-0.15, -0.1) is 0 Å². The summed E-state index contributed by atoms with van der Waals surface area (Å²) in [6.07, 6.45) is 1.61. The van der Waals surface area contributed by atoms with Crippen LogP contribution in [0.25, 0.3) is 0 Å². The van der Waals surface area contributed by atoms with E-state index in [-0.39, 0.29) is 5.91 Å². The first kappa shape index (κ1) is 18.6. The monoisotopic (exact) mass is 360 g/mol. The summed E-state index contributed by atoms with van der Waals surface area (Å²) >= 11 is 0. The van der Waals surface area contributed by atoms with Crippen molar-refractivity contribution >= 4 is 17.5 Å². The number of aromatic nitrogens is 2. The van der Waals surface area contributed by atoms with Crippen LogP contribution in [0.1, 0.15) is 41.4 Å². The summed E-state index contributed by atoms with van der Waals surface area (Å²) < 4.78 is 0. The summed E-state index contributed by atoms with van der Waals surface area (Å²) in [5.41, 5.74) is 3.48. The Morgan fingerprint density at radius 2 is 1.74 bits per heavy atom. The predicted molar refractivity (Wildman–Crippen MR) is 109 cm³/mol. The highest BCUT2D eigenvalue weighted by molar-refractivity contribution is 6.02. The molecule has 0 aliphatic rings. The zero-order valence-electron chi connectivity index (χ0n) is 15.9. The van der Waals surface area contributed by atoms with Crippen LogP contribution < -0.4 is 10.2 Å². The third-order valence-corrected chi connectivity index (χ3v) is 4.31. The normalized spacial score (nSPS) is 10.7. The number of rotatable bonds is 6. The molecule has 0 unspecified atom stereocenters. The summed E-state index contributed by atoms with van der Waals surface area (Å²) in [5.74, 6) is 0.727. The summed E-state index contributed by atoms with van der Waals surface area (Å²) in [6, 6.07) is 19.6. The van der Waals surface area contributed by atoms with Crippen LogP contribution in [0.2, 0.25) is 0 Å². The minimum Gasteiger partial charge on any atom is -0.340 e. The average molecular weight is 360 g/mol. The smallest absolute Gasteiger partial charge is 0.274 e. The van der Waals surface area contributed by atoms with Crippen molar-refractivity contribution in [3.05, 3.63) is 83.7 Å². The lowest BCUT2D eigenvalue weighted by Gasteiger charge is -2.17. The number of amides is 1. The first-order chi connectivity index (χ1) is 13.0. The van der Waals surface area contributed by atoms with E-state index in [0.29, 0.717) is 24.1 Å². The molecule has 3 rings (SSSR count). The molecule has 5 heteroatoms. The van der Waals surface area contributed by atoms with Crippen molar-refractivity contribution < 1.29 is 4.79 Å². The molecule has 0 saturated heterocycles. The summed E-state index contributed by atoms with van der Waals surface area (Å²) in [7, 11) is 1.91. The molecule has 0 aliphatic heterocycles. The van der Waals surface area contributed by atoms with Gasteiger partial charge in [0.2, 0.25) is 5.95 Å². The molecule has 0 fully saturated rings. The van der Waals surface area contributed by atoms with Crippen molar-refractivity contribution in [2.75, 3.05) is 17.3 Å². The molecule has 138 valence electrons. The van der Waals surface area contributed by atoms with E-state index in [2.05, 4.69) is 29.1 Å². The van der Waals surface area contributed by atoms with Crippen molar-refractivity contribution in [1.82, 2.24) is 9.97 Å². The van der Waals surface area contributed by atoms with Crippen molar-refractivity contribution in [2.45, 2.75) is 26.3 Å². The van der Waals surface area contributed by atoms with Gasteiger partial charge in [0.1, 0.15) is 5.69 Å². The van der Waals surface area contributed by atoms with Gasteiger partial charge in [-0.1, -0.05) is 56.3 Å². The number of nitrogens with zero attached hydrogens (tertiary/aromatic N) is 3. The lowest BCUT2D eigenvalue weighted by molar-refractivity contribution is 0.102. The molecule has 0 radical (unpaired) electrons. The summed E-state index contributed by atoms with van der Waals surface area (Å²) in [4.78, 5) is 23.2. The fourth-order valence-electron chi connectivity index (χ4n) is 2.73. The molecule has 27 heavy (non-hydrogen) atoms. The van der Waals surface area contributed by atoms with Gasteiger partial charge in [0.15, 0.2) is 0 Å². The molecule has 1 N–H and O–H groups in total. The van der Waals surface area contributed by atoms with Crippen LogP contribution >= 0.6 is 0 Å². The number of nitrogens with one attached hydrogen (secondary N) is 1. The van der Waals surface area contributed by atoms with Gasteiger partial charge >= 0.3 is 0 Å². The van der Waals surface area contributed by atoms with Crippen LogP contribution in [0.5, 0.6) is 0 Å². The maximum atomic E-state index is 12.5. The molecule has 3 aromatic rings. The number of carbonyl (C=O) groups excluding carboxylic acids is 1. The predicted octanol–water partition coefficient (Wildman–Crippen LogP) is 4.49. The lowest BCUT2D eigenvalue weighted by atomic mass is 10.0. The van der Waals surface area contributed by atoms with Crippen molar-refractivity contribution in [1.29, 1.82) is 0 Å². The van der Waals surface area contributed by atoms with Gasteiger partial charge in [-0.3, -0.25) is 4.79 Å². The molecule has 1 heterocycles. The Bertz CT molecular complexity index is 892. The number of anilines is 2. The highest BCUT2D eigenvalue weighted by atomic mass is 16.1. The minimum absolute atomic E-state index is 0.246. The van der Waals surface area contributed by atoms with Crippen LogP contribution in [0.15, 0.2) is 66.9 Å². The Hall–Kier alpha value is -3.21. The largest absolute Gasteiger partial charge is 0.340 e. The third-order valence-electron chi connectivity index (χ3n) is 4.31. The number of carbonyl (C=O) groups is 1. The number of hydrogen-bond donors (Lipinski definition) is 1. The van der Waals surface area contributed by atoms with Gasteiger partial charge in [0.05, 0.1) is 0 Å². The molecule has 0 aliphatic carbocycles. The molecule has 0 saturated carbocycles.